The third kappa shape index (κ3) is 2.06. The molecular formula is C11H6ClFN2O. The monoisotopic (exact) mass is 236 g/mol. The predicted octanol–water partition coefficient (Wildman–Crippen LogP) is 2.50. The maximum Gasteiger partial charge on any atom is 0.215 e. The molecule has 0 aliphatic rings. The third-order valence-corrected chi connectivity index (χ3v) is 2.20. The van der Waals surface area contributed by atoms with Gasteiger partial charge in [-0.05, 0) is 18.2 Å². The summed E-state index contributed by atoms with van der Waals surface area (Å²) < 4.78 is 13.4. The molecule has 0 saturated heterocycles. The lowest BCUT2D eigenvalue weighted by Crippen LogP contribution is -2.06. The minimum Gasteiger partial charge on any atom is -0.287 e. The van der Waals surface area contributed by atoms with Gasteiger partial charge in [-0.15, -0.1) is 0 Å². The topological polar surface area (TPSA) is 42.9 Å². The molecule has 16 heavy (non-hydrogen) atoms. The molecule has 0 spiro atoms. The van der Waals surface area contributed by atoms with Crippen LogP contribution in [0.25, 0.3) is 0 Å². The Balaban J connectivity index is 2.46. The fraction of sp³-hybridized carbons (Fsp3) is 0. The van der Waals surface area contributed by atoms with Crippen molar-refractivity contribution in [3.8, 4) is 0 Å². The van der Waals surface area contributed by atoms with Crippen LogP contribution in [0.2, 0.25) is 5.02 Å². The lowest BCUT2D eigenvalue weighted by Gasteiger charge is -2.01. The Labute approximate surface area is 95.9 Å². The second-order valence-electron chi connectivity index (χ2n) is 3.04. The van der Waals surface area contributed by atoms with E-state index in [4.69, 9.17) is 11.6 Å². The minimum absolute atomic E-state index is 0.0867. The molecule has 1 heterocycles. The minimum atomic E-state index is -0.625. The SMILES string of the molecule is O=C(c1cnccn1)c1cc(Cl)ccc1F. The molecule has 0 bridgehead atoms. The molecule has 0 fully saturated rings. The van der Waals surface area contributed by atoms with Crippen LogP contribution in [0.3, 0.4) is 0 Å². The molecule has 0 unspecified atom stereocenters. The summed E-state index contributed by atoms with van der Waals surface area (Å²) in [5.74, 6) is -1.16. The number of halogens is 2. The van der Waals surface area contributed by atoms with Crippen molar-refractivity contribution in [2.45, 2.75) is 0 Å². The van der Waals surface area contributed by atoms with Crippen LogP contribution in [-0.4, -0.2) is 15.8 Å². The summed E-state index contributed by atoms with van der Waals surface area (Å²) in [6.07, 6.45) is 4.09. The summed E-state index contributed by atoms with van der Waals surface area (Å²) in [5, 5.41) is 0.300. The number of rotatable bonds is 2. The zero-order chi connectivity index (χ0) is 11.5. The smallest absolute Gasteiger partial charge is 0.215 e. The van der Waals surface area contributed by atoms with E-state index in [0.717, 1.165) is 6.07 Å². The van der Waals surface area contributed by atoms with Gasteiger partial charge in [-0.25, -0.2) is 9.37 Å². The van der Waals surface area contributed by atoms with Crippen LogP contribution in [-0.2, 0) is 0 Å². The van der Waals surface area contributed by atoms with E-state index in [2.05, 4.69) is 9.97 Å². The molecule has 0 amide bonds. The van der Waals surface area contributed by atoms with E-state index in [-0.39, 0.29) is 11.3 Å². The Bertz CT molecular complexity index is 531. The van der Waals surface area contributed by atoms with E-state index in [1.54, 1.807) is 0 Å². The largest absolute Gasteiger partial charge is 0.287 e. The number of carbonyl (C=O) groups excluding carboxylic acids is 1. The van der Waals surface area contributed by atoms with Crippen molar-refractivity contribution in [1.29, 1.82) is 0 Å². The number of aromatic nitrogens is 2. The van der Waals surface area contributed by atoms with Crippen LogP contribution in [0.1, 0.15) is 16.1 Å². The molecular weight excluding hydrogens is 231 g/mol. The van der Waals surface area contributed by atoms with Crippen LogP contribution in [0.15, 0.2) is 36.8 Å². The van der Waals surface area contributed by atoms with Crippen LogP contribution in [0.5, 0.6) is 0 Å². The predicted molar refractivity (Wildman–Crippen MR) is 56.9 cm³/mol. The molecule has 3 nitrogen and oxygen atoms in total. The first-order valence-corrected chi connectivity index (χ1v) is 4.82. The van der Waals surface area contributed by atoms with E-state index < -0.39 is 11.6 Å². The molecule has 1 aromatic carbocycles. The summed E-state index contributed by atoms with van der Waals surface area (Å²) in [4.78, 5) is 19.4. The van der Waals surface area contributed by atoms with E-state index in [9.17, 15) is 9.18 Å². The Morgan fingerprint density at radius 2 is 2.12 bits per heavy atom. The van der Waals surface area contributed by atoms with Gasteiger partial charge in [0.1, 0.15) is 11.5 Å². The second kappa shape index (κ2) is 4.37. The summed E-state index contributed by atoms with van der Waals surface area (Å²) in [6, 6.07) is 3.80. The molecule has 0 aliphatic heterocycles. The Morgan fingerprint density at radius 1 is 1.31 bits per heavy atom. The molecule has 2 rings (SSSR count). The van der Waals surface area contributed by atoms with Gasteiger partial charge in [0, 0.05) is 17.4 Å². The average Bonchev–Trinajstić information content (AvgIpc) is 2.32. The first kappa shape index (κ1) is 10.7. The van der Waals surface area contributed by atoms with Crippen LogP contribution in [0.4, 0.5) is 4.39 Å². The quantitative estimate of drug-likeness (QED) is 0.753. The van der Waals surface area contributed by atoms with E-state index in [1.807, 2.05) is 0 Å². The lowest BCUT2D eigenvalue weighted by atomic mass is 10.1. The molecule has 80 valence electrons. The van der Waals surface area contributed by atoms with Gasteiger partial charge in [0.25, 0.3) is 0 Å². The number of hydrogen-bond donors (Lipinski definition) is 0. The van der Waals surface area contributed by atoms with Gasteiger partial charge in [0.05, 0.1) is 11.8 Å². The number of nitrogens with zero attached hydrogens (tertiary/aromatic N) is 2. The zero-order valence-electron chi connectivity index (χ0n) is 8.02. The van der Waals surface area contributed by atoms with Crippen LogP contribution < -0.4 is 0 Å². The number of benzene rings is 1. The van der Waals surface area contributed by atoms with Crippen LogP contribution >= 0.6 is 11.6 Å². The fourth-order valence-electron chi connectivity index (χ4n) is 1.23. The first-order valence-electron chi connectivity index (χ1n) is 4.44. The lowest BCUT2D eigenvalue weighted by molar-refractivity contribution is 0.103. The molecule has 0 aliphatic carbocycles. The highest BCUT2D eigenvalue weighted by atomic mass is 35.5. The van der Waals surface area contributed by atoms with Crippen molar-refractivity contribution >= 4 is 17.4 Å². The average molecular weight is 237 g/mol. The van der Waals surface area contributed by atoms with E-state index in [1.165, 1.54) is 30.7 Å². The molecule has 2 aromatic rings. The Hall–Kier alpha value is -1.81. The molecule has 1 aromatic heterocycles. The van der Waals surface area contributed by atoms with Crippen molar-refractivity contribution in [3.63, 3.8) is 0 Å². The highest BCUT2D eigenvalue weighted by molar-refractivity contribution is 6.31. The summed E-state index contributed by atoms with van der Waals surface area (Å²) in [7, 11) is 0. The van der Waals surface area contributed by atoms with Gasteiger partial charge >= 0.3 is 0 Å². The summed E-state index contributed by atoms with van der Waals surface area (Å²) >= 11 is 5.69. The zero-order valence-corrected chi connectivity index (χ0v) is 8.78. The number of carbonyl (C=O) groups is 1. The molecule has 0 saturated carbocycles. The Kier molecular flexibility index (Phi) is 2.92. The third-order valence-electron chi connectivity index (χ3n) is 1.97. The summed E-state index contributed by atoms with van der Waals surface area (Å²) in [5.41, 5.74) is -0.0170. The highest BCUT2D eigenvalue weighted by Gasteiger charge is 2.15. The standard InChI is InChI=1S/C11H6ClFN2O/c12-7-1-2-9(13)8(5-7)11(16)10-6-14-3-4-15-10/h1-6H. The van der Waals surface area contributed by atoms with Crippen molar-refractivity contribution < 1.29 is 9.18 Å². The Morgan fingerprint density at radius 3 is 2.81 bits per heavy atom. The van der Waals surface area contributed by atoms with Crippen molar-refractivity contribution in [2.24, 2.45) is 0 Å². The van der Waals surface area contributed by atoms with Gasteiger partial charge in [0.15, 0.2) is 0 Å². The van der Waals surface area contributed by atoms with E-state index >= 15 is 0 Å². The molecule has 0 atom stereocenters. The van der Waals surface area contributed by atoms with Crippen molar-refractivity contribution in [1.82, 2.24) is 9.97 Å². The summed E-state index contributed by atoms with van der Waals surface area (Å²) in [6.45, 7) is 0. The fourth-order valence-corrected chi connectivity index (χ4v) is 1.40. The van der Waals surface area contributed by atoms with Crippen molar-refractivity contribution in [2.75, 3.05) is 0 Å². The maximum atomic E-state index is 13.4. The molecule has 5 heteroatoms. The van der Waals surface area contributed by atoms with Gasteiger partial charge in [-0.3, -0.25) is 9.78 Å². The first-order chi connectivity index (χ1) is 7.68. The molecule has 0 radical (unpaired) electrons. The van der Waals surface area contributed by atoms with Gasteiger partial charge < -0.3 is 0 Å². The van der Waals surface area contributed by atoms with E-state index in [0.29, 0.717) is 5.02 Å². The van der Waals surface area contributed by atoms with Crippen molar-refractivity contribution in [3.05, 3.63) is 58.9 Å². The normalized spacial score (nSPS) is 10.1. The second-order valence-corrected chi connectivity index (χ2v) is 3.48. The van der Waals surface area contributed by atoms with Crippen LogP contribution in [0, 0.1) is 5.82 Å². The number of ketones is 1. The number of hydrogen-bond acceptors (Lipinski definition) is 3. The maximum absolute atomic E-state index is 13.4. The van der Waals surface area contributed by atoms with Gasteiger partial charge in [0.2, 0.25) is 5.78 Å². The highest BCUT2D eigenvalue weighted by Crippen LogP contribution is 2.17. The van der Waals surface area contributed by atoms with Gasteiger partial charge in [-0.2, -0.15) is 0 Å². The molecule has 0 N–H and O–H groups in total. The van der Waals surface area contributed by atoms with Gasteiger partial charge in [-0.1, -0.05) is 11.6 Å².